The van der Waals surface area contributed by atoms with E-state index >= 15 is 0 Å². The van der Waals surface area contributed by atoms with E-state index in [1.807, 2.05) is 31.4 Å². The highest BCUT2D eigenvalue weighted by molar-refractivity contribution is 6.14. The van der Waals surface area contributed by atoms with Crippen molar-refractivity contribution in [1.29, 1.82) is 5.26 Å². The maximum absolute atomic E-state index is 12.6. The molecule has 2 aromatic heterocycles. The van der Waals surface area contributed by atoms with Gasteiger partial charge in [0.2, 0.25) is 5.78 Å². The maximum atomic E-state index is 12.6. The molecule has 0 aromatic carbocycles. The summed E-state index contributed by atoms with van der Waals surface area (Å²) < 4.78 is 7.39. The number of hydrogen-bond acceptors (Lipinski definition) is 3. The van der Waals surface area contributed by atoms with Gasteiger partial charge in [0.15, 0.2) is 0 Å². The molecule has 0 bridgehead atoms. The van der Waals surface area contributed by atoms with Crippen molar-refractivity contribution in [2.75, 3.05) is 0 Å². The lowest BCUT2D eigenvalue weighted by Gasteiger charge is -2.05. The van der Waals surface area contributed by atoms with Crippen molar-refractivity contribution in [2.45, 2.75) is 27.3 Å². The molecule has 0 fully saturated rings. The molecule has 4 nitrogen and oxygen atoms in total. The van der Waals surface area contributed by atoms with Crippen LogP contribution in [0.15, 0.2) is 40.8 Å². The summed E-state index contributed by atoms with van der Waals surface area (Å²) in [6, 6.07) is 7.30. The molecule has 0 amide bonds. The number of Topliss-reactive ketones (excluding diaryl/α,β-unsaturated/α-hetero) is 1. The molecule has 0 N–H and O–H groups in total. The number of carbonyl (C=O) groups is 1. The van der Waals surface area contributed by atoms with E-state index in [1.165, 1.54) is 6.08 Å². The average Bonchev–Trinajstić information content (AvgIpc) is 3.02. The summed E-state index contributed by atoms with van der Waals surface area (Å²) in [7, 11) is 0. The van der Waals surface area contributed by atoms with Crippen LogP contribution in [0.2, 0.25) is 0 Å². The second-order valence-electron chi connectivity index (χ2n) is 5.13. The number of allylic oxidation sites excluding steroid dienone is 2. The largest absolute Gasteiger partial charge is 0.462 e. The lowest BCUT2D eigenvalue weighted by Crippen LogP contribution is -2.05. The van der Waals surface area contributed by atoms with Gasteiger partial charge in [0.25, 0.3) is 0 Å². The predicted molar refractivity (Wildman–Crippen MR) is 85.5 cm³/mol. The van der Waals surface area contributed by atoms with Crippen LogP contribution in [0.25, 0.3) is 6.08 Å². The van der Waals surface area contributed by atoms with Gasteiger partial charge in [-0.2, -0.15) is 5.26 Å². The average molecular weight is 294 g/mol. The maximum Gasteiger partial charge on any atom is 0.205 e. The second-order valence-corrected chi connectivity index (χ2v) is 5.13. The molecule has 0 aliphatic rings. The van der Waals surface area contributed by atoms with Crippen molar-refractivity contribution in [3.05, 3.63) is 64.9 Å². The highest BCUT2D eigenvalue weighted by Gasteiger charge is 2.19. The number of aryl methyl sites for hydroxylation is 2. The Morgan fingerprint density at radius 1 is 1.41 bits per heavy atom. The minimum atomic E-state index is -0.292. The molecule has 0 saturated heterocycles. The third-order valence-electron chi connectivity index (χ3n) is 3.54. The Morgan fingerprint density at radius 3 is 2.68 bits per heavy atom. The normalized spacial score (nSPS) is 11.3. The molecule has 0 spiro atoms. The first-order chi connectivity index (χ1) is 10.5. The van der Waals surface area contributed by atoms with Crippen molar-refractivity contribution in [1.82, 2.24) is 4.57 Å². The molecular formula is C18H18N2O2. The summed E-state index contributed by atoms with van der Waals surface area (Å²) in [5.74, 6) is 0.947. The van der Waals surface area contributed by atoms with Crippen LogP contribution in [0.1, 0.15) is 33.3 Å². The molecule has 2 aromatic rings. The standard InChI is InChI=1S/C18H18N2O2/c1-5-8-20-12(2)9-17(14(20)4)18(21)15(11-19)10-16-7-6-13(3)22-16/h5-7,9-10H,1,8H2,2-4H3/b15-10+. The van der Waals surface area contributed by atoms with Crippen LogP contribution in [0.5, 0.6) is 0 Å². The Kier molecular flexibility index (Phi) is 4.47. The van der Waals surface area contributed by atoms with Gasteiger partial charge in [0.05, 0.1) is 0 Å². The van der Waals surface area contributed by atoms with Crippen LogP contribution in [0.4, 0.5) is 0 Å². The van der Waals surface area contributed by atoms with Gasteiger partial charge in [0, 0.05) is 29.6 Å². The lowest BCUT2D eigenvalue weighted by molar-refractivity contribution is 0.103. The van der Waals surface area contributed by atoms with Gasteiger partial charge in [-0.15, -0.1) is 6.58 Å². The number of hydrogen-bond donors (Lipinski definition) is 0. The van der Waals surface area contributed by atoms with E-state index in [0.29, 0.717) is 17.9 Å². The first kappa shape index (κ1) is 15.6. The summed E-state index contributed by atoms with van der Waals surface area (Å²) >= 11 is 0. The molecule has 0 unspecified atom stereocenters. The Labute approximate surface area is 130 Å². The van der Waals surface area contributed by atoms with Crippen LogP contribution < -0.4 is 0 Å². The number of nitrogens with zero attached hydrogens (tertiary/aromatic N) is 2. The number of nitriles is 1. The van der Waals surface area contributed by atoms with Crippen molar-refractivity contribution >= 4 is 11.9 Å². The topological polar surface area (TPSA) is 58.9 Å². The van der Waals surface area contributed by atoms with Crippen LogP contribution in [-0.4, -0.2) is 10.4 Å². The molecule has 112 valence electrons. The van der Waals surface area contributed by atoms with Crippen LogP contribution in [-0.2, 0) is 6.54 Å². The van der Waals surface area contributed by atoms with Gasteiger partial charge in [0.1, 0.15) is 23.2 Å². The van der Waals surface area contributed by atoms with Gasteiger partial charge in [-0.25, -0.2) is 0 Å². The molecule has 0 aliphatic carbocycles. The van der Waals surface area contributed by atoms with E-state index in [4.69, 9.17) is 4.42 Å². The molecule has 0 aliphatic heterocycles. The molecule has 2 rings (SSSR count). The van der Waals surface area contributed by atoms with Crippen LogP contribution in [0, 0.1) is 32.1 Å². The highest BCUT2D eigenvalue weighted by atomic mass is 16.3. The van der Waals surface area contributed by atoms with E-state index in [9.17, 15) is 10.1 Å². The highest BCUT2D eigenvalue weighted by Crippen LogP contribution is 2.20. The zero-order chi connectivity index (χ0) is 16.3. The van der Waals surface area contributed by atoms with Gasteiger partial charge >= 0.3 is 0 Å². The first-order valence-corrected chi connectivity index (χ1v) is 6.98. The van der Waals surface area contributed by atoms with E-state index < -0.39 is 0 Å². The third-order valence-corrected chi connectivity index (χ3v) is 3.54. The fraction of sp³-hybridized carbons (Fsp3) is 0.222. The molecule has 4 heteroatoms. The second kappa shape index (κ2) is 6.31. The minimum absolute atomic E-state index is 0.0632. The molecule has 0 atom stereocenters. The summed E-state index contributed by atoms with van der Waals surface area (Å²) in [6.07, 6.45) is 3.26. The van der Waals surface area contributed by atoms with Gasteiger partial charge in [-0.3, -0.25) is 4.79 Å². The molecule has 0 saturated carbocycles. The van der Waals surface area contributed by atoms with E-state index in [-0.39, 0.29) is 11.4 Å². The predicted octanol–water partition coefficient (Wildman–Crippen LogP) is 3.98. The van der Waals surface area contributed by atoms with Crippen LogP contribution >= 0.6 is 0 Å². The number of carbonyl (C=O) groups excluding carboxylic acids is 1. The Bertz CT molecular complexity index is 798. The minimum Gasteiger partial charge on any atom is -0.462 e. The molecular weight excluding hydrogens is 276 g/mol. The first-order valence-electron chi connectivity index (χ1n) is 6.98. The Morgan fingerprint density at radius 2 is 2.14 bits per heavy atom. The SMILES string of the molecule is C=CCn1c(C)cc(C(=O)/C(C#N)=C/c2ccc(C)o2)c1C. The monoisotopic (exact) mass is 294 g/mol. The number of furan rings is 1. The number of rotatable bonds is 5. The van der Waals surface area contributed by atoms with Crippen molar-refractivity contribution in [3.8, 4) is 6.07 Å². The fourth-order valence-electron chi connectivity index (χ4n) is 2.41. The quantitative estimate of drug-likeness (QED) is 0.363. The molecule has 0 radical (unpaired) electrons. The van der Waals surface area contributed by atoms with Crippen molar-refractivity contribution in [2.24, 2.45) is 0 Å². The zero-order valence-electron chi connectivity index (χ0n) is 13.0. The summed E-state index contributed by atoms with van der Waals surface area (Å²) in [5, 5.41) is 9.29. The van der Waals surface area contributed by atoms with E-state index in [0.717, 1.165) is 17.1 Å². The number of ketones is 1. The van der Waals surface area contributed by atoms with Crippen LogP contribution in [0.3, 0.4) is 0 Å². The summed E-state index contributed by atoms with van der Waals surface area (Å²) in [4.78, 5) is 12.6. The fourth-order valence-corrected chi connectivity index (χ4v) is 2.41. The zero-order valence-corrected chi connectivity index (χ0v) is 13.0. The van der Waals surface area contributed by atoms with Crippen molar-refractivity contribution < 1.29 is 9.21 Å². The van der Waals surface area contributed by atoms with Crippen molar-refractivity contribution in [3.63, 3.8) is 0 Å². The molecule has 22 heavy (non-hydrogen) atoms. The van der Waals surface area contributed by atoms with Gasteiger partial charge < -0.3 is 8.98 Å². The molecule has 2 heterocycles. The Hall–Kier alpha value is -2.80. The lowest BCUT2D eigenvalue weighted by atomic mass is 10.0. The van der Waals surface area contributed by atoms with E-state index in [1.54, 1.807) is 24.3 Å². The number of aromatic nitrogens is 1. The smallest absolute Gasteiger partial charge is 0.205 e. The van der Waals surface area contributed by atoms with Gasteiger partial charge in [-0.05, 0) is 39.0 Å². The van der Waals surface area contributed by atoms with E-state index in [2.05, 4.69) is 6.58 Å². The summed E-state index contributed by atoms with van der Waals surface area (Å²) in [5.41, 5.74) is 2.40. The summed E-state index contributed by atoms with van der Waals surface area (Å²) in [6.45, 7) is 9.97. The van der Waals surface area contributed by atoms with Gasteiger partial charge in [-0.1, -0.05) is 6.08 Å². The Balaban J connectivity index is 2.42. The third kappa shape index (κ3) is 2.94.